The molecular formula is C15H24N2. The molecule has 0 bridgehead atoms. The molecule has 1 heterocycles. The summed E-state index contributed by atoms with van der Waals surface area (Å²) in [5.74, 6) is 0. The van der Waals surface area contributed by atoms with Crippen molar-refractivity contribution in [1.29, 1.82) is 0 Å². The summed E-state index contributed by atoms with van der Waals surface area (Å²) in [5.41, 5.74) is 7.31. The lowest BCUT2D eigenvalue weighted by Gasteiger charge is -2.32. The summed E-state index contributed by atoms with van der Waals surface area (Å²) in [4.78, 5) is 2.63. The molecule has 0 amide bonds. The zero-order valence-corrected chi connectivity index (χ0v) is 10.8. The SMILES string of the molecule is CCC(Cc1ccccc1)N1CCCC1CN. The van der Waals surface area contributed by atoms with Gasteiger partial charge < -0.3 is 5.73 Å². The fourth-order valence-electron chi connectivity index (χ4n) is 2.97. The minimum Gasteiger partial charge on any atom is -0.329 e. The summed E-state index contributed by atoms with van der Waals surface area (Å²) in [6.45, 7) is 4.33. The molecule has 2 nitrogen and oxygen atoms in total. The molecule has 2 atom stereocenters. The molecule has 2 rings (SSSR count). The highest BCUT2D eigenvalue weighted by molar-refractivity contribution is 5.16. The van der Waals surface area contributed by atoms with Crippen molar-refractivity contribution in [3.63, 3.8) is 0 Å². The molecule has 94 valence electrons. The van der Waals surface area contributed by atoms with Gasteiger partial charge >= 0.3 is 0 Å². The van der Waals surface area contributed by atoms with Crippen molar-refractivity contribution in [2.24, 2.45) is 5.73 Å². The molecule has 1 saturated heterocycles. The number of likely N-dealkylation sites (tertiary alicyclic amines) is 1. The first-order valence-electron chi connectivity index (χ1n) is 6.85. The van der Waals surface area contributed by atoms with Gasteiger partial charge in [-0.2, -0.15) is 0 Å². The highest BCUT2D eigenvalue weighted by atomic mass is 15.2. The Morgan fingerprint density at radius 2 is 2.12 bits per heavy atom. The number of rotatable bonds is 5. The predicted octanol–water partition coefficient (Wildman–Crippen LogP) is 2.43. The van der Waals surface area contributed by atoms with E-state index in [9.17, 15) is 0 Å². The maximum atomic E-state index is 5.87. The Bertz CT molecular complexity index is 323. The van der Waals surface area contributed by atoms with Crippen LogP contribution >= 0.6 is 0 Å². The Hall–Kier alpha value is -0.860. The molecule has 1 aliphatic heterocycles. The molecule has 2 heteroatoms. The molecule has 2 N–H and O–H groups in total. The average Bonchev–Trinajstić information content (AvgIpc) is 2.85. The van der Waals surface area contributed by atoms with Gasteiger partial charge in [0.1, 0.15) is 0 Å². The number of hydrogen-bond acceptors (Lipinski definition) is 2. The molecule has 1 aromatic carbocycles. The average molecular weight is 232 g/mol. The predicted molar refractivity (Wildman–Crippen MR) is 73.0 cm³/mol. The summed E-state index contributed by atoms with van der Waals surface area (Å²) in [7, 11) is 0. The van der Waals surface area contributed by atoms with Gasteiger partial charge in [0.15, 0.2) is 0 Å². The Kier molecular flexibility index (Phi) is 4.57. The van der Waals surface area contributed by atoms with Crippen LogP contribution in [0.2, 0.25) is 0 Å². The highest BCUT2D eigenvalue weighted by Gasteiger charge is 2.28. The van der Waals surface area contributed by atoms with Crippen LogP contribution in [0.15, 0.2) is 30.3 Å². The second-order valence-electron chi connectivity index (χ2n) is 5.02. The molecule has 0 radical (unpaired) electrons. The summed E-state index contributed by atoms with van der Waals surface area (Å²) in [6.07, 6.45) is 4.97. The monoisotopic (exact) mass is 232 g/mol. The Morgan fingerprint density at radius 3 is 2.76 bits per heavy atom. The van der Waals surface area contributed by atoms with Crippen LogP contribution in [0.4, 0.5) is 0 Å². The zero-order chi connectivity index (χ0) is 12.1. The third-order valence-electron chi connectivity index (χ3n) is 3.95. The minimum absolute atomic E-state index is 0.615. The van der Waals surface area contributed by atoms with Crippen molar-refractivity contribution < 1.29 is 0 Å². The topological polar surface area (TPSA) is 29.3 Å². The van der Waals surface area contributed by atoms with E-state index in [0.29, 0.717) is 12.1 Å². The van der Waals surface area contributed by atoms with Crippen LogP contribution in [-0.2, 0) is 6.42 Å². The van der Waals surface area contributed by atoms with Gasteiger partial charge in [-0.15, -0.1) is 0 Å². The third kappa shape index (κ3) is 3.08. The number of hydrogen-bond donors (Lipinski definition) is 1. The molecule has 1 aromatic rings. The third-order valence-corrected chi connectivity index (χ3v) is 3.95. The molecule has 0 saturated carbocycles. The lowest BCUT2D eigenvalue weighted by Crippen LogP contribution is -2.43. The minimum atomic E-state index is 0.615. The van der Waals surface area contributed by atoms with E-state index in [1.807, 2.05) is 0 Å². The molecule has 0 aromatic heterocycles. The normalized spacial score (nSPS) is 22.8. The van der Waals surface area contributed by atoms with Crippen molar-refractivity contribution >= 4 is 0 Å². The van der Waals surface area contributed by atoms with E-state index in [1.165, 1.54) is 31.4 Å². The van der Waals surface area contributed by atoms with Gasteiger partial charge in [0.25, 0.3) is 0 Å². The molecular weight excluding hydrogens is 208 g/mol. The van der Waals surface area contributed by atoms with E-state index in [1.54, 1.807) is 0 Å². The fraction of sp³-hybridized carbons (Fsp3) is 0.600. The van der Waals surface area contributed by atoms with Crippen LogP contribution in [0.1, 0.15) is 31.7 Å². The van der Waals surface area contributed by atoms with Gasteiger partial charge in [0, 0.05) is 18.6 Å². The lowest BCUT2D eigenvalue weighted by atomic mass is 10.0. The van der Waals surface area contributed by atoms with Crippen molar-refractivity contribution in [1.82, 2.24) is 4.90 Å². The molecule has 17 heavy (non-hydrogen) atoms. The first-order chi connectivity index (χ1) is 8.35. The molecule has 0 spiro atoms. The number of nitrogens with zero attached hydrogens (tertiary/aromatic N) is 1. The summed E-state index contributed by atoms with van der Waals surface area (Å²) in [6, 6.07) is 12.1. The molecule has 2 unspecified atom stereocenters. The van der Waals surface area contributed by atoms with Crippen LogP contribution < -0.4 is 5.73 Å². The Morgan fingerprint density at radius 1 is 1.35 bits per heavy atom. The van der Waals surface area contributed by atoms with Crippen molar-refractivity contribution in [2.45, 2.75) is 44.7 Å². The molecule has 1 fully saturated rings. The van der Waals surface area contributed by atoms with Crippen molar-refractivity contribution in [2.75, 3.05) is 13.1 Å². The maximum absolute atomic E-state index is 5.87. The second kappa shape index (κ2) is 6.18. The van der Waals surface area contributed by atoms with Gasteiger partial charge in [-0.05, 0) is 37.8 Å². The second-order valence-corrected chi connectivity index (χ2v) is 5.02. The van der Waals surface area contributed by atoms with Crippen LogP contribution in [-0.4, -0.2) is 30.1 Å². The molecule has 0 aliphatic carbocycles. The van der Waals surface area contributed by atoms with Gasteiger partial charge in [-0.25, -0.2) is 0 Å². The van der Waals surface area contributed by atoms with Crippen LogP contribution in [0, 0.1) is 0 Å². The van der Waals surface area contributed by atoms with Crippen molar-refractivity contribution in [3.05, 3.63) is 35.9 Å². The van der Waals surface area contributed by atoms with Crippen LogP contribution in [0.5, 0.6) is 0 Å². The van der Waals surface area contributed by atoms with E-state index in [4.69, 9.17) is 5.73 Å². The van der Waals surface area contributed by atoms with Crippen LogP contribution in [0.25, 0.3) is 0 Å². The number of nitrogens with two attached hydrogens (primary N) is 1. The zero-order valence-electron chi connectivity index (χ0n) is 10.8. The first kappa shape index (κ1) is 12.6. The van der Waals surface area contributed by atoms with Gasteiger partial charge in [-0.1, -0.05) is 37.3 Å². The van der Waals surface area contributed by atoms with E-state index in [-0.39, 0.29) is 0 Å². The van der Waals surface area contributed by atoms with Gasteiger partial charge in [0.05, 0.1) is 0 Å². The lowest BCUT2D eigenvalue weighted by molar-refractivity contribution is 0.176. The van der Waals surface area contributed by atoms with E-state index < -0.39 is 0 Å². The standard InChI is InChI=1S/C15H24N2/c1-2-14(11-13-7-4-3-5-8-13)17-10-6-9-15(17)12-16/h3-5,7-8,14-15H,2,6,9-12,16H2,1H3. The van der Waals surface area contributed by atoms with E-state index in [0.717, 1.165) is 13.0 Å². The number of benzene rings is 1. The van der Waals surface area contributed by atoms with Crippen LogP contribution in [0.3, 0.4) is 0 Å². The van der Waals surface area contributed by atoms with Gasteiger partial charge in [0.2, 0.25) is 0 Å². The molecule has 1 aliphatic rings. The smallest absolute Gasteiger partial charge is 0.0221 e. The summed E-state index contributed by atoms with van der Waals surface area (Å²) in [5, 5.41) is 0. The van der Waals surface area contributed by atoms with E-state index >= 15 is 0 Å². The van der Waals surface area contributed by atoms with Gasteiger partial charge in [-0.3, -0.25) is 4.90 Å². The fourth-order valence-corrected chi connectivity index (χ4v) is 2.97. The summed E-state index contributed by atoms with van der Waals surface area (Å²) < 4.78 is 0. The Labute approximate surface area is 105 Å². The van der Waals surface area contributed by atoms with E-state index in [2.05, 4.69) is 42.2 Å². The highest BCUT2D eigenvalue weighted by Crippen LogP contribution is 2.23. The Balaban J connectivity index is 2.01. The quantitative estimate of drug-likeness (QED) is 0.845. The van der Waals surface area contributed by atoms with Crippen molar-refractivity contribution in [3.8, 4) is 0 Å². The maximum Gasteiger partial charge on any atom is 0.0221 e. The largest absolute Gasteiger partial charge is 0.329 e. The first-order valence-corrected chi connectivity index (χ1v) is 6.85. The summed E-state index contributed by atoms with van der Waals surface area (Å²) >= 11 is 0.